The Bertz CT molecular complexity index is 1890. The van der Waals surface area contributed by atoms with Crippen molar-refractivity contribution < 1.29 is 33.7 Å². The lowest BCUT2D eigenvalue weighted by Crippen LogP contribution is -2.55. The molecule has 2 atom stereocenters. The van der Waals surface area contributed by atoms with Gasteiger partial charge in [-0.2, -0.15) is 5.26 Å². The number of carbonyl (C=O) groups excluding carboxylic acids is 2. The van der Waals surface area contributed by atoms with E-state index in [2.05, 4.69) is 20.6 Å². The van der Waals surface area contributed by atoms with E-state index in [-0.39, 0.29) is 35.7 Å². The van der Waals surface area contributed by atoms with Crippen LogP contribution in [0.25, 0.3) is 16.9 Å². The maximum absolute atomic E-state index is 14.8. The molecule has 2 aromatic heterocycles. The average molecular weight is 693 g/mol. The number of amides is 2. The number of β-amino-alcohol motifs (C(OH)–C–C–N with tert-alkyl or cyclic N) is 1. The number of hydrogen-bond donors (Lipinski definition) is 4. The van der Waals surface area contributed by atoms with Crippen LogP contribution in [0.2, 0.25) is 5.02 Å². The standard InChI is InChI=1S/C32H32ClFN8O4.CH2O2/c1-19-16-20(2-3-21(19)31(44)40-11-13-41(14-12-40)32(45)23-6-8-36-18-25(23)43)39-29-30-38-17-24(42(30)10-9-37-29)22-4-5-26(46-15-7-35)28(34)27(22)33;2-1-3/h2-5,9-10,16-17,23,25,36,43H,6,8,11-15,18H2,1H3,(H,37,39);1H,(H,2,3)/t23-,25-;/m1./s1. The van der Waals surface area contributed by atoms with Gasteiger partial charge in [0.05, 0.1) is 28.9 Å². The summed E-state index contributed by atoms with van der Waals surface area (Å²) in [7, 11) is 0. The van der Waals surface area contributed by atoms with Crippen LogP contribution in [-0.2, 0) is 9.59 Å². The number of rotatable bonds is 7. The highest BCUT2D eigenvalue weighted by molar-refractivity contribution is 6.33. The molecule has 2 amide bonds. The first kappa shape index (κ1) is 35.0. The third kappa shape index (κ3) is 7.56. The molecule has 0 bridgehead atoms. The number of ether oxygens (including phenoxy) is 1. The van der Waals surface area contributed by atoms with Crippen LogP contribution >= 0.6 is 11.6 Å². The Hall–Kier alpha value is -5.30. The molecule has 16 heteroatoms. The Morgan fingerprint density at radius 3 is 2.63 bits per heavy atom. The lowest BCUT2D eigenvalue weighted by Gasteiger charge is -2.38. The fraction of sp³-hybridized carbons (Fsp3) is 0.333. The second-order valence-electron chi connectivity index (χ2n) is 11.3. The number of nitrogens with zero attached hydrogens (tertiary/aromatic N) is 6. The molecule has 0 spiro atoms. The SMILES string of the molecule is Cc1cc(Nc2nccn3c(-c4ccc(OCC#N)c(F)c4Cl)cnc23)ccc1C(=O)N1CCN(C(=O)[C@@H]2CCNC[C@H]2O)CC1.O=CO. The molecule has 2 aliphatic heterocycles. The molecule has 4 N–H and O–H groups in total. The highest BCUT2D eigenvalue weighted by atomic mass is 35.5. The molecule has 6 rings (SSSR count). The van der Waals surface area contributed by atoms with Crippen molar-refractivity contribution in [1.29, 1.82) is 5.26 Å². The number of aliphatic hydroxyl groups excluding tert-OH is 1. The van der Waals surface area contributed by atoms with E-state index in [1.54, 1.807) is 57.1 Å². The number of carbonyl (C=O) groups is 3. The average Bonchev–Trinajstić information content (AvgIpc) is 3.54. The minimum atomic E-state index is -0.769. The number of aliphatic hydroxyl groups is 1. The van der Waals surface area contributed by atoms with Gasteiger partial charge in [0.15, 0.2) is 29.6 Å². The topological polar surface area (TPSA) is 185 Å². The maximum Gasteiger partial charge on any atom is 0.290 e. The van der Waals surface area contributed by atoms with Gasteiger partial charge in [-0.05, 0) is 55.8 Å². The molecule has 2 aromatic carbocycles. The van der Waals surface area contributed by atoms with Crippen molar-refractivity contribution in [3.05, 3.63) is 70.9 Å². The third-order valence-electron chi connectivity index (χ3n) is 8.41. The fourth-order valence-corrected chi connectivity index (χ4v) is 6.19. The largest absolute Gasteiger partial charge is 0.483 e. The molecule has 2 fully saturated rings. The van der Waals surface area contributed by atoms with Gasteiger partial charge >= 0.3 is 0 Å². The number of aryl methyl sites for hydroxylation is 1. The predicted octanol–water partition coefficient (Wildman–Crippen LogP) is 3.10. The number of halogens is 2. The number of carboxylic acid groups (broad SMARTS) is 1. The lowest BCUT2D eigenvalue weighted by atomic mass is 9.93. The van der Waals surface area contributed by atoms with Crippen LogP contribution in [0.15, 0.2) is 48.9 Å². The Morgan fingerprint density at radius 1 is 1.20 bits per heavy atom. The molecular weight excluding hydrogens is 659 g/mol. The van der Waals surface area contributed by atoms with Crippen LogP contribution in [0.4, 0.5) is 15.9 Å². The van der Waals surface area contributed by atoms with Crippen molar-refractivity contribution in [3.8, 4) is 23.1 Å². The van der Waals surface area contributed by atoms with Gasteiger partial charge in [-0.1, -0.05) is 11.6 Å². The normalized spacial score (nSPS) is 17.4. The number of benzene rings is 2. The summed E-state index contributed by atoms with van der Waals surface area (Å²) in [6.45, 7) is 4.13. The van der Waals surface area contributed by atoms with E-state index in [0.717, 1.165) is 5.56 Å². The number of aromatic nitrogens is 3. The molecule has 14 nitrogen and oxygen atoms in total. The summed E-state index contributed by atoms with van der Waals surface area (Å²) in [6, 6.07) is 10.2. The van der Waals surface area contributed by atoms with Crippen molar-refractivity contribution in [3.63, 3.8) is 0 Å². The van der Waals surface area contributed by atoms with E-state index in [9.17, 15) is 19.1 Å². The Kier molecular flexibility index (Phi) is 11.2. The molecule has 49 heavy (non-hydrogen) atoms. The van der Waals surface area contributed by atoms with Gasteiger partial charge in [0.1, 0.15) is 6.07 Å². The molecular formula is C33H34ClFN8O6. The molecule has 0 radical (unpaired) electrons. The number of hydrogen-bond acceptors (Lipinski definition) is 10. The number of anilines is 2. The first-order chi connectivity index (χ1) is 23.7. The quantitative estimate of drug-likeness (QED) is 0.209. The molecule has 4 heterocycles. The summed E-state index contributed by atoms with van der Waals surface area (Å²) in [6.07, 6.45) is 4.74. The number of fused-ring (bicyclic) bond motifs is 1. The molecule has 2 saturated heterocycles. The fourth-order valence-electron chi connectivity index (χ4n) is 5.94. The minimum absolute atomic E-state index is 0.0456. The summed E-state index contributed by atoms with van der Waals surface area (Å²) in [5, 5.41) is 32.1. The Balaban J connectivity index is 0.00000151. The van der Waals surface area contributed by atoms with Crippen LogP contribution in [-0.4, -0.2) is 105 Å². The highest BCUT2D eigenvalue weighted by Crippen LogP contribution is 2.36. The lowest BCUT2D eigenvalue weighted by molar-refractivity contribution is -0.142. The second kappa shape index (κ2) is 15.7. The summed E-state index contributed by atoms with van der Waals surface area (Å²) in [5.74, 6) is -0.995. The van der Waals surface area contributed by atoms with Gasteiger partial charge in [0, 0.05) is 61.9 Å². The van der Waals surface area contributed by atoms with Gasteiger partial charge < -0.3 is 35.4 Å². The molecule has 0 unspecified atom stereocenters. The molecule has 0 saturated carbocycles. The van der Waals surface area contributed by atoms with Crippen LogP contribution in [0.3, 0.4) is 0 Å². The Morgan fingerprint density at radius 2 is 1.94 bits per heavy atom. The maximum atomic E-state index is 14.8. The van der Waals surface area contributed by atoms with Gasteiger partial charge in [0.25, 0.3) is 12.4 Å². The molecule has 4 aromatic rings. The van der Waals surface area contributed by atoms with Crippen LogP contribution in [0.5, 0.6) is 5.75 Å². The van der Waals surface area contributed by atoms with E-state index in [1.165, 1.54) is 6.07 Å². The van der Waals surface area contributed by atoms with Crippen molar-refractivity contribution in [2.75, 3.05) is 51.2 Å². The van der Waals surface area contributed by atoms with E-state index in [4.69, 9.17) is 31.5 Å². The zero-order valence-corrected chi connectivity index (χ0v) is 27.2. The molecule has 256 valence electrons. The minimum Gasteiger partial charge on any atom is -0.483 e. The van der Waals surface area contributed by atoms with Gasteiger partial charge in [-0.25, -0.2) is 14.4 Å². The Labute approximate surface area is 285 Å². The van der Waals surface area contributed by atoms with Crippen LogP contribution in [0.1, 0.15) is 22.3 Å². The zero-order valence-electron chi connectivity index (χ0n) is 26.5. The summed E-state index contributed by atoms with van der Waals surface area (Å²) in [4.78, 5) is 47.2. The van der Waals surface area contributed by atoms with E-state index in [1.807, 2.05) is 13.0 Å². The number of piperazine rings is 1. The number of nitrogens with one attached hydrogen (secondary N) is 2. The predicted molar refractivity (Wildman–Crippen MR) is 177 cm³/mol. The van der Waals surface area contributed by atoms with Crippen molar-refractivity contribution >= 4 is 47.0 Å². The number of nitriles is 1. The molecule has 0 aliphatic carbocycles. The summed E-state index contributed by atoms with van der Waals surface area (Å²) in [5.41, 5.74) is 3.41. The van der Waals surface area contributed by atoms with Crippen molar-refractivity contribution in [1.82, 2.24) is 29.5 Å². The van der Waals surface area contributed by atoms with Crippen molar-refractivity contribution in [2.45, 2.75) is 19.4 Å². The van der Waals surface area contributed by atoms with Crippen LogP contribution < -0.4 is 15.4 Å². The van der Waals surface area contributed by atoms with Gasteiger partial charge in [-0.3, -0.25) is 18.8 Å². The number of piperidine rings is 1. The zero-order chi connectivity index (χ0) is 35.1. The van der Waals surface area contributed by atoms with E-state index >= 15 is 0 Å². The summed E-state index contributed by atoms with van der Waals surface area (Å²) >= 11 is 6.34. The second-order valence-corrected chi connectivity index (χ2v) is 11.7. The first-order valence-electron chi connectivity index (χ1n) is 15.4. The third-order valence-corrected chi connectivity index (χ3v) is 8.78. The van der Waals surface area contributed by atoms with E-state index in [0.29, 0.717) is 79.7 Å². The monoisotopic (exact) mass is 692 g/mol. The summed E-state index contributed by atoms with van der Waals surface area (Å²) < 4.78 is 21.7. The van der Waals surface area contributed by atoms with E-state index < -0.39 is 17.8 Å². The molecule has 2 aliphatic rings. The van der Waals surface area contributed by atoms with Crippen LogP contribution in [0, 0.1) is 30.0 Å². The number of imidazole rings is 1. The van der Waals surface area contributed by atoms with Crippen molar-refractivity contribution in [2.24, 2.45) is 5.92 Å². The van der Waals surface area contributed by atoms with Gasteiger partial charge in [0.2, 0.25) is 5.91 Å². The highest BCUT2D eigenvalue weighted by Gasteiger charge is 2.34. The smallest absolute Gasteiger partial charge is 0.290 e. The first-order valence-corrected chi connectivity index (χ1v) is 15.8. The van der Waals surface area contributed by atoms with Gasteiger partial charge in [-0.15, -0.1) is 0 Å².